The highest BCUT2D eigenvalue weighted by Crippen LogP contribution is 2.28. The van der Waals surface area contributed by atoms with Crippen LogP contribution in [-0.2, 0) is 9.53 Å². The fourth-order valence-electron chi connectivity index (χ4n) is 1.76. The van der Waals surface area contributed by atoms with Crippen LogP contribution in [0.25, 0.3) is 0 Å². The quantitative estimate of drug-likeness (QED) is 0.643. The molecule has 0 spiro atoms. The molecule has 0 saturated heterocycles. The highest BCUT2D eigenvalue weighted by atomic mass is 32.2. The van der Waals surface area contributed by atoms with E-state index in [1.54, 1.807) is 36.4 Å². The van der Waals surface area contributed by atoms with Gasteiger partial charge in [0.15, 0.2) is 6.61 Å². The van der Waals surface area contributed by atoms with Crippen LogP contribution in [0.15, 0.2) is 59.5 Å². The van der Waals surface area contributed by atoms with Crippen molar-refractivity contribution in [2.24, 2.45) is 0 Å². The first-order valence-corrected chi connectivity index (χ1v) is 7.50. The molecule has 1 amide bonds. The van der Waals surface area contributed by atoms with Crippen molar-refractivity contribution in [1.82, 2.24) is 0 Å². The predicted octanol–water partition coefficient (Wildman–Crippen LogP) is 3.80. The van der Waals surface area contributed by atoms with Gasteiger partial charge in [-0.2, -0.15) is 8.78 Å². The molecule has 0 fully saturated rings. The Morgan fingerprint density at radius 2 is 1.70 bits per heavy atom. The number of carbonyl (C=O) groups excluding carboxylic acids is 2. The molecule has 0 atom stereocenters. The largest absolute Gasteiger partial charge is 0.452 e. The first-order valence-electron chi connectivity index (χ1n) is 6.62. The summed E-state index contributed by atoms with van der Waals surface area (Å²) in [5, 5.41) is 2.55. The van der Waals surface area contributed by atoms with Gasteiger partial charge in [-0.3, -0.25) is 4.79 Å². The Bertz CT molecular complexity index is 680. The van der Waals surface area contributed by atoms with Gasteiger partial charge in [-0.25, -0.2) is 4.79 Å². The van der Waals surface area contributed by atoms with E-state index in [1.807, 2.05) is 0 Å². The standard InChI is InChI=1S/C16H13F2NO3S/c17-16(18)23-13-9-5-4-8-12(13)15(21)22-10-14(20)19-11-6-2-1-3-7-11/h1-9,16H,10H2,(H,19,20). The van der Waals surface area contributed by atoms with Gasteiger partial charge in [-0.1, -0.05) is 42.1 Å². The highest BCUT2D eigenvalue weighted by Gasteiger charge is 2.17. The number of hydrogen-bond acceptors (Lipinski definition) is 4. The predicted molar refractivity (Wildman–Crippen MR) is 83.7 cm³/mol. The minimum absolute atomic E-state index is 0.00492. The number of thioether (sulfide) groups is 1. The molecule has 1 N–H and O–H groups in total. The Balaban J connectivity index is 1.93. The lowest BCUT2D eigenvalue weighted by Crippen LogP contribution is -2.21. The van der Waals surface area contributed by atoms with Crippen LogP contribution in [0, 0.1) is 0 Å². The summed E-state index contributed by atoms with van der Waals surface area (Å²) in [6.07, 6.45) is 0. The number of anilines is 1. The van der Waals surface area contributed by atoms with E-state index >= 15 is 0 Å². The zero-order chi connectivity index (χ0) is 16.7. The molecule has 0 saturated carbocycles. The molecular weight excluding hydrogens is 324 g/mol. The molecule has 0 aliphatic carbocycles. The van der Waals surface area contributed by atoms with Crippen LogP contribution in [0.1, 0.15) is 10.4 Å². The molecule has 2 aromatic carbocycles. The van der Waals surface area contributed by atoms with Gasteiger partial charge in [-0.15, -0.1) is 0 Å². The smallest absolute Gasteiger partial charge is 0.339 e. The van der Waals surface area contributed by atoms with Crippen molar-refractivity contribution in [3.8, 4) is 0 Å². The van der Waals surface area contributed by atoms with E-state index in [1.165, 1.54) is 18.2 Å². The summed E-state index contributed by atoms with van der Waals surface area (Å²) >= 11 is 0.256. The second-order valence-electron chi connectivity index (χ2n) is 4.36. The van der Waals surface area contributed by atoms with E-state index in [0.29, 0.717) is 5.69 Å². The monoisotopic (exact) mass is 337 g/mol. The lowest BCUT2D eigenvalue weighted by molar-refractivity contribution is -0.119. The number of benzene rings is 2. The summed E-state index contributed by atoms with van der Waals surface area (Å²) in [5.41, 5.74) is 0.576. The molecule has 0 radical (unpaired) electrons. The number of ether oxygens (including phenoxy) is 1. The summed E-state index contributed by atoms with van der Waals surface area (Å²) in [7, 11) is 0. The summed E-state index contributed by atoms with van der Waals surface area (Å²) in [4.78, 5) is 23.7. The second kappa shape index (κ2) is 8.28. The van der Waals surface area contributed by atoms with Crippen molar-refractivity contribution in [3.05, 3.63) is 60.2 Å². The molecule has 120 valence electrons. The van der Waals surface area contributed by atoms with Crippen LogP contribution in [0.4, 0.5) is 14.5 Å². The number of rotatable bonds is 6. The van der Waals surface area contributed by atoms with Gasteiger partial charge in [0, 0.05) is 10.6 Å². The molecule has 0 unspecified atom stereocenters. The molecular formula is C16H13F2NO3S. The van der Waals surface area contributed by atoms with Crippen molar-refractivity contribution in [3.63, 3.8) is 0 Å². The summed E-state index contributed by atoms with van der Waals surface area (Å²) in [5.74, 6) is -3.98. The van der Waals surface area contributed by atoms with Crippen molar-refractivity contribution >= 4 is 29.3 Å². The van der Waals surface area contributed by atoms with Crippen molar-refractivity contribution in [2.75, 3.05) is 11.9 Å². The van der Waals surface area contributed by atoms with E-state index in [4.69, 9.17) is 4.74 Å². The molecule has 0 aliphatic heterocycles. The number of hydrogen-bond donors (Lipinski definition) is 1. The van der Waals surface area contributed by atoms with Gasteiger partial charge in [0.25, 0.3) is 11.7 Å². The van der Waals surface area contributed by atoms with Crippen LogP contribution >= 0.6 is 11.8 Å². The van der Waals surface area contributed by atoms with E-state index in [2.05, 4.69) is 5.32 Å². The average molecular weight is 337 g/mol. The first-order chi connectivity index (χ1) is 11.1. The van der Waals surface area contributed by atoms with Gasteiger partial charge in [-0.05, 0) is 24.3 Å². The van der Waals surface area contributed by atoms with Crippen LogP contribution in [-0.4, -0.2) is 24.2 Å². The fraction of sp³-hybridized carbons (Fsp3) is 0.125. The maximum Gasteiger partial charge on any atom is 0.339 e. The Hall–Kier alpha value is -2.41. The maximum absolute atomic E-state index is 12.5. The normalized spacial score (nSPS) is 10.4. The lowest BCUT2D eigenvalue weighted by atomic mass is 10.2. The third-order valence-corrected chi connectivity index (χ3v) is 3.50. The summed E-state index contributed by atoms with van der Waals surface area (Å²) < 4.78 is 29.8. The molecule has 0 heterocycles. The molecule has 0 aliphatic rings. The number of halogens is 2. The Kier molecular flexibility index (Phi) is 6.10. The third kappa shape index (κ3) is 5.37. The summed E-state index contributed by atoms with van der Waals surface area (Å²) in [6.45, 7) is -0.499. The molecule has 0 bridgehead atoms. The zero-order valence-corrected chi connectivity index (χ0v) is 12.7. The van der Waals surface area contributed by atoms with E-state index in [9.17, 15) is 18.4 Å². The molecule has 2 aromatic rings. The van der Waals surface area contributed by atoms with Crippen LogP contribution in [0.2, 0.25) is 0 Å². The third-order valence-electron chi connectivity index (χ3n) is 2.71. The zero-order valence-electron chi connectivity index (χ0n) is 11.9. The number of carbonyl (C=O) groups is 2. The first kappa shape index (κ1) is 17.0. The second-order valence-corrected chi connectivity index (χ2v) is 5.40. The highest BCUT2D eigenvalue weighted by molar-refractivity contribution is 7.99. The van der Waals surface area contributed by atoms with Gasteiger partial charge in [0.1, 0.15) is 0 Å². The van der Waals surface area contributed by atoms with Gasteiger partial charge >= 0.3 is 5.97 Å². The molecule has 23 heavy (non-hydrogen) atoms. The van der Waals surface area contributed by atoms with Gasteiger partial charge in [0.05, 0.1) is 5.56 Å². The van der Waals surface area contributed by atoms with E-state index < -0.39 is 24.2 Å². The number of nitrogens with one attached hydrogen (secondary N) is 1. The topological polar surface area (TPSA) is 55.4 Å². The Morgan fingerprint density at radius 3 is 2.39 bits per heavy atom. The van der Waals surface area contributed by atoms with Crippen LogP contribution in [0.3, 0.4) is 0 Å². The molecule has 7 heteroatoms. The minimum Gasteiger partial charge on any atom is -0.452 e. The van der Waals surface area contributed by atoms with E-state index in [0.717, 1.165) is 0 Å². The van der Waals surface area contributed by atoms with Crippen molar-refractivity contribution < 1.29 is 23.1 Å². The van der Waals surface area contributed by atoms with Crippen molar-refractivity contribution in [1.29, 1.82) is 0 Å². The number of esters is 1. The SMILES string of the molecule is O=C(COC(=O)c1ccccc1SC(F)F)Nc1ccccc1. The number of alkyl halides is 2. The lowest BCUT2D eigenvalue weighted by Gasteiger charge is -2.09. The van der Waals surface area contributed by atoms with Crippen LogP contribution < -0.4 is 5.32 Å². The Morgan fingerprint density at radius 1 is 1.04 bits per heavy atom. The number of para-hydroxylation sites is 1. The molecule has 2 rings (SSSR count). The average Bonchev–Trinajstić information content (AvgIpc) is 2.53. The Labute approximate surface area is 135 Å². The minimum atomic E-state index is -2.65. The number of amides is 1. The molecule has 0 aromatic heterocycles. The maximum atomic E-state index is 12.5. The molecule has 4 nitrogen and oxygen atoms in total. The van der Waals surface area contributed by atoms with Crippen LogP contribution in [0.5, 0.6) is 0 Å². The summed E-state index contributed by atoms with van der Waals surface area (Å²) in [6, 6.07) is 14.5. The van der Waals surface area contributed by atoms with Gasteiger partial charge in [0.2, 0.25) is 0 Å². The van der Waals surface area contributed by atoms with Crippen molar-refractivity contribution in [2.45, 2.75) is 10.7 Å². The van der Waals surface area contributed by atoms with E-state index in [-0.39, 0.29) is 22.2 Å². The van der Waals surface area contributed by atoms with Gasteiger partial charge < -0.3 is 10.1 Å². The fourth-order valence-corrected chi connectivity index (χ4v) is 2.39.